The highest BCUT2D eigenvalue weighted by molar-refractivity contribution is 5.81. The Morgan fingerprint density at radius 3 is 2.17 bits per heavy atom. The summed E-state index contributed by atoms with van der Waals surface area (Å²) in [7, 11) is 0. The minimum Gasteiger partial charge on any atom is -0.353 e. The minimum atomic E-state index is -0.0936. The van der Waals surface area contributed by atoms with Gasteiger partial charge in [0.15, 0.2) is 5.82 Å². The predicted octanol–water partition coefficient (Wildman–Crippen LogP) is 1.81. The average molecular weight is 333 g/mol. The maximum atomic E-state index is 12.1. The normalized spacial score (nSPS) is 17.9. The molecule has 1 N–H and O–H groups in total. The molecule has 1 aliphatic heterocycles. The molecule has 0 radical (unpaired) electrons. The standard InChI is InChI=1S/C18H31N5O/c1-13(2)19-17(24)14(3)22-9-11-23(12-10-22)16-8-7-15(20-21-16)18(4,5)6/h7-8,13-14H,9-12H2,1-6H3,(H,19,24). The molecule has 0 bridgehead atoms. The Kier molecular flexibility index (Phi) is 5.80. The number of nitrogens with zero attached hydrogens (tertiary/aromatic N) is 4. The van der Waals surface area contributed by atoms with Gasteiger partial charge in [0.1, 0.15) is 0 Å². The topological polar surface area (TPSA) is 61.4 Å². The summed E-state index contributed by atoms with van der Waals surface area (Å²) in [5.74, 6) is 1.02. The molecule has 1 amide bonds. The summed E-state index contributed by atoms with van der Waals surface area (Å²) in [4.78, 5) is 16.6. The fourth-order valence-corrected chi connectivity index (χ4v) is 2.80. The molecule has 1 saturated heterocycles. The quantitative estimate of drug-likeness (QED) is 0.910. The molecule has 134 valence electrons. The number of anilines is 1. The van der Waals surface area contributed by atoms with Crippen molar-refractivity contribution in [2.75, 3.05) is 31.1 Å². The number of amides is 1. The highest BCUT2D eigenvalue weighted by Crippen LogP contribution is 2.21. The average Bonchev–Trinajstić information content (AvgIpc) is 2.53. The number of hydrogen-bond donors (Lipinski definition) is 1. The number of aromatic nitrogens is 2. The van der Waals surface area contributed by atoms with E-state index < -0.39 is 0 Å². The summed E-state index contributed by atoms with van der Waals surface area (Å²) in [5.41, 5.74) is 1.02. The van der Waals surface area contributed by atoms with Crippen molar-refractivity contribution >= 4 is 11.7 Å². The van der Waals surface area contributed by atoms with E-state index in [1.807, 2.05) is 20.8 Å². The Morgan fingerprint density at radius 1 is 1.08 bits per heavy atom. The van der Waals surface area contributed by atoms with Crippen LogP contribution in [0, 0.1) is 0 Å². The zero-order valence-corrected chi connectivity index (χ0v) is 15.8. The van der Waals surface area contributed by atoms with Crippen molar-refractivity contribution in [3.8, 4) is 0 Å². The van der Waals surface area contributed by atoms with Crippen LogP contribution in [0.15, 0.2) is 12.1 Å². The van der Waals surface area contributed by atoms with Crippen LogP contribution in [0.2, 0.25) is 0 Å². The van der Waals surface area contributed by atoms with E-state index in [9.17, 15) is 4.79 Å². The fourth-order valence-electron chi connectivity index (χ4n) is 2.80. The smallest absolute Gasteiger partial charge is 0.237 e. The first-order valence-corrected chi connectivity index (χ1v) is 8.82. The Labute approximate surface area is 145 Å². The van der Waals surface area contributed by atoms with Crippen LogP contribution in [0.25, 0.3) is 0 Å². The van der Waals surface area contributed by atoms with E-state index in [2.05, 4.69) is 58.2 Å². The van der Waals surface area contributed by atoms with Gasteiger partial charge in [-0.3, -0.25) is 9.69 Å². The highest BCUT2D eigenvalue weighted by Gasteiger charge is 2.26. The van der Waals surface area contributed by atoms with Gasteiger partial charge in [0.25, 0.3) is 0 Å². The molecule has 0 saturated carbocycles. The van der Waals surface area contributed by atoms with Gasteiger partial charge in [0.2, 0.25) is 5.91 Å². The van der Waals surface area contributed by atoms with Gasteiger partial charge in [-0.05, 0) is 32.9 Å². The van der Waals surface area contributed by atoms with E-state index in [-0.39, 0.29) is 23.4 Å². The Hall–Kier alpha value is -1.69. The van der Waals surface area contributed by atoms with E-state index in [1.165, 1.54) is 0 Å². The summed E-state index contributed by atoms with van der Waals surface area (Å²) in [6, 6.07) is 4.20. The van der Waals surface area contributed by atoms with Crippen LogP contribution >= 0.6 is 0 Å². The molecule has 0 spiro atoms. The number of piperazine rings is 1. The zero-order chi connectivity index (χ0) is 17.9. The summed E-state index contributed by atoms with van der Waals surface area (Å²) in [5, 5.41) is 11.7. The largest absolute Gasteiger partial charge is 0.353 e. The SMILES string of the molecule is CC(C)NC(=O)C(C)N1CCN(c2ccc(C(C)(C)C)nn2)CC1. The molecule has 1 unspecified atom stereocenters. The lowest BCUT2D eigenvalue weighted by Crippen LogP contribution is -2.54. The van der Waals surface area contributed by atoms with Crippen molar-refractivity contribution in [2.24, 2.45) is 0 Å². The van der Waals surface area contributed by atoms with Crippen molar-refractivity contribution in [3.63, 3.8) is 0 Å². The first kappa shape index (κ1) is 18.6. The van der Waals surface area contributed by atoms with Crippen LogP contribution in [0.5, 0.6) is 0 Å². The van der Waals surface area contributed by atoms with Crippen molar-refractivity contribution in [2.45, 2.75) is 59.0 Å². The van der Waals surface area contributed by atoms with Crippen molar-refractivity contribution in [1.82, 2.24) is 20.4 Å². The Morgan fingerprint density at radius 2 is 1.71 bits per heavy atom. The van der Waals surface area contributed by atoms with Crippen LogP contribution in [-0.4, -0.2) is 59.3 Å². The second kappa shape index (κ2) is 7.47. The van der Waals surface area contributed by atoms with Gasteiger partial charge >= 0.3 is 0 Å². The molecular formula is C18H31N5O. The Bertz CT molecular complexity index is 542. The molecular weight excluding hydrogens is 302 g/mol. The van der Waals surface area contributed by atoms with E-state index >= 15 is 0 Å². The maximum absolute atomic E-state index is 12.1. The van der Waals surface area contributed by atoms with Gasteiger partial charge in [-0.2, -0.15) is 5.10 Å². The molecule has 2 heterocycles. The van der Waals surface area contributed by atoms with Crippen molar-refractivity contribution < 1.29 is 4.79 Å². The number of hydrogen-bond acceptors (Lipinski definition) is 5. The third-order valence-corrected chi connectivity index (χ3v) is 4.42. The fraction of sp³-hybridized carbons (Fsp3) is 0.722. The van der Waals surface area contributed by atoms with E-state index in [0.29, 0.717) is 0 Å². The number of nitrogens with one attached hydrogen (secondary N) is 1. The van der Waals surface area contributed by atoms with Crippen LogP contribution in [0.4, 0.5) is 5.82 Å². The summed E-state index contributed by atoms with van der Waals surface area (Å²) in [6.07, 6.45) is 0. The number of rotatable bonds is 4. The van der Waals surface area contributed by atoms with Crippen molar-refractivity contribution in [3.05, 3.63) is 17.8 Å². The molecule has 1 aromatic rings. The number of carbonyl (C=O) groups is 1. The third kappa shape index (κ3) is 4.66. The van der Waals surface area contributed by atoms with Gasteiger partial charge < -0.3 is 10.2 Å². The zero-order valence-electron chi connectivity index (χ0n) is 15.8. The van der Waals surface area contributed by atoms with Gasteiger partial charge in [-0.15, -0.1) is 5.10 Å². The van der Waals surface area contributed by atoms with Gasteiger partial charge in [0.05, 0.1) is 11.7 Å². The maximum Gasteiger partial charge on any atom is 0.237 e. The molecule has 0 aliphatic carbocycles. The van der Waals surface area contributed by atoms with E-state index in [1.54, 1.807) is 0 Å². The van der Waals surface area contributed by atoms with Gasteiger partial charge in [-0.25, -0.2) is 0 Å². The van der Waals surface area contributed by atoms with E-state index in [4.69, 9.17) is 0 Å². The molecule has 6 heteroatoms. The monoisotopic (exact) mass is 333 g/mol. The summed E-state index contributed by atoms with van der Waals surface area (Å²) >= 11 is 0. The lowest BCUT2D eigenvalue weighted by Gasteiger charge is -2.38. The molecule has 6 nitrogen and oxygen atoms in total. The van der Waals surface area contributed by atoms with Gasteiger partial charge in [-0.1, -0.05) is 20.8 Å². The summed E-state index contributed by atoms with van der Waals surface area (Å²) < 4.78 is 0. The molecule has 1 atom stereocenters. The highest BCUT2D eigenvalue weighted by atomic mass is 16.2. The Balaban J connectivity index is 1.91. The number of carbonyl (C=O) groups excluding carboxylic acids is 1. The van der Waals surface area contributed by atoms with E-state index in [0.717, 1.165) is 37.7 Å². The third-order valence-electron chi connectivity index (χ3n) is 4.42. The first-order chi connectivity index (χ1) is 11.2. The second-order valence-electron chi connectivity index (χ2n) is 7.89. The molecule has 1 aromatic heterocycles. The lowest BCUT2D eigenvalue weighted by molar-refractivity contribution is -0.126. The second-order valence-corrected chi connectivity index (χ2v) is 7.89. The first-order valence-electron chi connectivity index (χ1n) is 8.82. The van der Waals surface area contributed by atoms with Crippen LogP contribution in [0.3, 0.4) is 0 Å². The molecule has 1 fully saturated rings. The molecule has 2 rings (SSSR count). The van der Waals surface area contributed by atoms with Crippen LogP contribution in [-0.2, 0) is 10.2 Å². The molecule has 0 aromatic carbocycles. The lowest BCUT2D eigenvalue weighted by atomic mass is 9.92. The van der Waals surface area contributed by atoms with Crippen LogP contribution < -0.4 is 10.2 Å². The van der Waals surface area contributed by atoms with Gasteiger partial charge in [0, 0.05) is 37.6 Å². The van der Waals surface area contributed by atoms with Crippen LogP contribution in [0.1, 0.15) is 47.2 Å². The molecule has 24 heavy (non-hydrogen) atoms. The molecule has 1 aliphatic rings. The predicted molar refractivity (Wildman–Crippen MR) is 97.3 cm³/mol. The van der Waals surface area contributed by atoms with Crippen molar-refractivity contribution in [1.29, 1.82) is 0 Å². The summed E-state index contributed by atoms with van der Waals surface area (Å²) in [6.45, 7) is 15.8. The minimum absolute atomic E-state index is 0.0173.